The van der Waals surface area contributed by atoms with E-state index in [0.29, 0.717) is 34.1 Å². The van der Waals surface area contributed by atoms with E-state index in [0.717, 1.165) is 9.69 Å². The second-order valence-corrected chi connectivity index (χ2v) is 9.74. The molecule has 0 unspecified atom stereocenters. The van der Waals surface area contributed by atoms with Crippen LogP contribution in [-0.2, 0) is 14.8 Å². The van der Waals surface area contributed by atoms with E-state index >= 15 is 0 Å². The van der Waals surface area contributed by atoms with Crippen LogP contribution in [0.4, 0.5) is 11.4 Å². The normalized spacial score (nSPS) is 11.2. The van der Waals surface area contributed by atoms with Crippen LogP contribution in [0.3, 0.4) is 0 Å². The van der Waals surface area contributed by atoms with Gasteiger partial charge in [-0.05, 0) is 66.9 Å². The number of hydrogen-bond acceptors (Lipinski definition) is 4. The second-order valence-electron chi connectivity index (χ2n) is 7.47. The lowest BCUT2D eigenvalue weighted by molar-refractivity contribution is -0.114. The van der Waals surface area contributed by atoms with Crippen molar-refractivity contribution >= 4 is 49.7 Å². The number of sulfonamides is 1. The molecule has 0 atom stereocenters. The van der Waals surface area contributed by atoms with Crippen LogP contribution in [0.5, 0.6) is 5.75 Å². The zero-order chi connectivity index (χ0) is 24.1. The highest BCUT2D eigenvalue weighted by molar-refractivity contribution is 7.93. The summed E-state index contributed by atoms with van der Waals surface area (Å²) in [7, 11) is -4.09. The standard InChI is InChI=1S/C26H23ClN2O4S/c1-2-33-23-16-12-21(13-17-23)28-26(30)18-29(22-14-10-20(27)11-15-22)34(31,32)25-9-5-7-19-6-3-4-8-24(19)25/h3-17H,2,18H2,1H3,(H,28,30). The number of amides is 1. The largest absolute Gasteiger partial charge is 0.494 e. The minimum Gasteiger partial charge on any atom is -0.494 e. The van der Waals surface area contributed by atoms with Gasteiger partial charge < -0.3 is 10.1 Å². The quantitative estimate of drug-likeness (QED) is 0.339. The molecule has 4 rings (SSSR count). The Labute approximate surface area is 203 Å². The Hall–Kier alpha value is -3.55. The number of hydrogen-bond donors (Lipinski definition) is 1. The minimum absolute atomic E-state index is 0.120. The molecule has 0 saturated carbocycles. The van der Waals surface area contributed by atoms with Gasteiger partial charge in [0, 0.05) is 16.1 Å². The molecule has 0 heterocycles. The average Bonchev–Trinajstić information content (AvgIpc) is 2.84. The van der Waals surface area contributed by atoms with Gasteiger partial charge >= 0.3 is 0 Å². The van der Waals surface area contributed by atoms with Gasteiger partial charge in [0.05, 0.1) is 17.2 Å². The first-order valence-corrected chi connectivity index (χ1v) is 12.5. The number of carbonyl (C=O) groups is 1. The smallest absolute Gasteiger partial charge is 0.265 e. The molecular formula is C26H23ClN2O4S. The summed E-state index contributed by atoms with van der Waals surface area (Å²) in [5.41, 5.74) is 0.867. The second kappa shape index (κ2) is 10.2. The van der Waals surface area contributed by atoms with Crippen molar-refractivity contribution in [1.82, 2.24) is 0 Å². The molecule has 1 N–H and O–H groups in total. The number of nitrogens with zero attached hydrogens (tertiary/aromatic N) is 1. The van der Waals surface area contributed by atoms with Gasteiger partial charge in [-0.25, -0.2) is 8.42 Å². The Morgan fingerprint density at radius 2 is 1.59 bits per heavy atom. The summed E-state index contributed by atoms with van der Waals surface area (Å²) in [6, 6.07) is 25.5. The number of carbonyl (C=O) groups excluding carboxylic acids is 1. The monoisotopic (exact) mass is 494 g/mol. The van der Waals surface area contributed by atoms with E-state index in [1.807, 2.05) is 25.1 Å². The molecule has 34 heavy (non-hydrogen) atoms. The molecular weight excluding hydrogens is 472 g/mol. The molecule has 0 aliphatic heterocycles. The van der Waals surface area contributed by atoms with Crippen molar-refractivity contribution in [2.24, 2.45) is 0 Å². The van der Waals surface area contributed by atoms with Crippen LogP contribution in [-0.4, -0.2) is 27.5 Å². The molecule has 0 spiro atoms. The van der Waals surface area contributed by atoms with Crippen molar-refractivity contribution < 1.29 is 17.9 Å². The van der Waals surface area contributed by atoms with Crippen molar-refractivity contribution in [3.8, 4) is 5.75 Å². The van der Waals surface area contributed by atoms with Gasteiger partial charge in [0.1, 0.15) is 12.3 Å². The Kier molecular flexibility index (Phi) is 7.05. The SMILES string of the molecule is CCOc1ccc(NC(=O)CN(c2ccc(Cl)cc2)S(=O)(=O)c2cccc3ccccc23)cc1. The maximum Gasteiger partial charge on any atom is 0.265 e. The van der Waals surface area contributed by atoms with Gasteiger partial charge in [-0.1, -0.05) is 48.0 Å². The fourth-order valence-electron chi connectivity index (χ4n) is 3.59. The molecule has 4 aromatic rings. The lowest BCUT2D eigenvalue weighted by Gasteiger charge is -2.25. The number of ether oxygens (including phenoxy) is 1. The van der Waals surface area contributed by atoms with E-state index < -0.39 is 22.5 Å². The van der Waals surface area contributed by atoms with Gasteiger partial charge in [0.2, 0.25) is 5.91 Å². The fraction of sp³-hybridized carbons (Fsp3) is 0.115. The van der Waals surface area contributed by atoms with Crippen LogP contribution < -0.4 is 14.4 Å². The first-order chi connectivity index (χ1) is 16.4. The summed E-state index contributed by atoms with van der Waals surface area (Å²) in [6.07, 6.45) is 0. The third kappa shape index (κ3) is 5.16. The van der Waals surface area contributed by atoms with Crippen molar-refractivity contribution in [3.05, 3.63) is 96.0 Å². The first kappa shape index (κ1) is 23.6. The summed E-state index contributed by atoms with van der Waals surface area (Å²) >= 11 is 6.02. The minimum atomic E-state index is -4.09. The van der Waals surface area contributed by atoms with Gasteiger partial charge in [0.15, 0.2) is 0 Å². The van der Waals surface area contributed by atoms with Gasteiger partial charge in [0.25, 0.3) is 10.0 Å². The number of benzene rings is 4. The summed E-state index contributed by atoms with van der Waals surface area (Å²) in [5, 5.41) is 4.59. The van der Waals surface area contributed by atoms with Gasteiger partial charge in [-0.2, -0.15) is 0 Å². The van der Waals surface area contributed by atoms with Crippen LogP contribution in [0.2, 0.25) is 5.02 Å². The number of fused-ring (bicyclic) bond motifs is 1. The molecule has 0 saturated heterocycles. The predicted molar refractivity (Wildman–Crippen MR) is 136 cm³/mol. The van der Waals surface area contributed by atoms with Crippen molar-refractivity contribution in [2.45, 2.75) is 11.8 Å². The van der Waals surface area contributed by atoms with E-state index in [1.54, 1.807) is 72.8 Å². The van der Waals surface area contributed by atoms with Crippen molar-refractivity contribution in [1.29, 1.82) is 0 Å². The molecule has 0 aliphatic rings. The van der Waals surface area contributed by atoms with E-state index in [-0.39, 0.29) is 4.90 Å². The van der Waals surface area contributed by atoms with Crippen LogP contribution in [0.25, 0.3) is 10.8 Å². The highest BCUT2D eigenvalue weighted by atomic mass is 35.5. The highest BCUT2D eigenvalue weighted by Gasteiger charge is 2.28. The molecule has 4 aromatic carbocycles. The third-order valence-corrected chi connectivity index (χ3v) is 7.25. The average molecular weight is 495 g/mol. The summed E-state index contributed by atoms with van der Waals surface area (Å²) < 4.78 is 34.2. The predicted octanol–water partition coefficient (Wildman–Crippen LogP) is 5.73. The number of anilines is 2. The highest BCUT2D eigenvalue weighted by Crippen LogP contribution is 2.30. The Bertz CT molecular complexity index is 1400. The van der Waals surface area contributed by atoms with E-state index in [2.05, 4.69) is 5.32 Å². The van der Waals surface area contributed by atoms with Crippen molar-refractivity contribution in [2.75, 3.05) is 22.8 Å². The van der Waals surface area contributed by atoms with Crippen LogP contribution in [0, 0.1) is 0 Å². The molecule has 0 aliphatic carbocycles. The Morgan fingerprint density at radius 1 is 0.912 bits per heavy atom. The van der Waals surface area contributed by atoms with Gasteiger partial charge in [-0.15, -0.1) is 0 Å². The molecule has 6 nitrogen and oxygen atoms in total. The zero-order valence-electron chi connectivity index (χ0n) is 18.4. The molecule has 0 fully saturated rings. The molecule has 174 valence electrons. The Balaban J connectivity index is 1.68. The van der Waals surface area contributed by atoms with E-state index in [1.165, 1.54) is 0 Å². The molecule has 8 heteroatoms. The molecule has 0 aromatic heterocycles. The lowest BCUT2D eigenvalue weighted by Crippen LogP contribution is -2.38. The maximum absolute atomic E-state index is 13.8. The summed E-state index contributed by atoms with van der Waals surface area (Å²) in [5.74, 6) is 0.199. The topological polar surface area (TPSA) is 75.7 Å². The third-order valence-electron chi connectivity index (χ3n) is 5.17. The summed E-state index contributed by atoms with van der Waals surface area (Å²) in [6.45, 7) is 2.01. The van der Waals surface area contributed by atoms with Crippen LogP contribution in [0.15, 0.2) is 95.9 Å². The zero-order valence-corrected chi connectivity index (χ0v) is 20.0. The van der Waals surface area contributed by atoms with Crippen LogP contribution in [0.1, 0.15) is 6.92 Å². The first-order valence-electron chi connectivity index (χ1n) is 10.7. The van der Waals surface area contributed by atoms with Gasteiger partial charge in [-0.3, -0.25) is 9.10 Å². The number of rotatable bonds is 8. The van der Waals surface area contributed by atoms with E-state index in [9.17, 15) is 13.2 Å². The van der Waals surface area contributed by atoms with Crippen molar-refractivity contribution in [3.63, 3.8) is 0 Å². The molecule has 0 radical (unpaired) electrons. The summed E-state index contributed by atoms with van der Waals surface area (Å²) in [4.78, 5) is 13.1. The van der Waals surface area contributed by atoms with E-state index in [4.69, 9.17) is 16.3 Å². The Morgan fingerprint density at radius 3 is 2.29 bits per heavy atom. The lowest BCUT2D eigenvalue weighted by atomic mass is 10.1. The van der Waals surface area contributed by atoms with Crippen LogP contribution >= 0.6 is 11.6 Å². The molecule has 0 bridgehead atoms. The molecule has 1 amide bonds. The maximum atomic E-state index is 13.8. The fourth-order valence-corrected chi connectivity index (χ4v) is 5.36. The number of halogens is 1. The number of nitrogens with one attached hydrogen (secondary N) is 1.